The van der Waals surface area contributed by atoms with Gasteiger partial charge in [0.1, 0.15) is 0 Å². The summed E-state index contributed by atoms with van der Waals surface area (Å²) in [7, 11) is 5.59. The van der Waals surface area contributed by atoms with Crippen molar-refractivity contribution in [2.75, 3.05) is 25.6 Å². The van der Waals surface area contributed by atoms with Crippen LogP contribution in [-0.4, -0.2) is 48.9 Å². The van der Waals surface area contributed by atoms with E-state index in [1.165, 1.54) is 9.13 Å². The van der Waals surface area contributed by atoms with Crippen LogP contribution >= 0.6 is 0 Å². The second-order valence-electron chi connectivity index (χ2n) is 7.71. The van der Waals surface area contributed by atoms with E-state index in [1.807, 2.05) is 66.1 Å². The molecule has 0 atom stereocenters. The van der Waals surface area contributed by atoms with Crippen LogP contribution in [0, 0.1) is 13.8 Å². The first kappa shape index (κ1) is 20.0. The molecule has 158 valence electrons. The zero-order valence-corrected chi connectivity index (χ0v) is 17.9. The first-order chi connectivity index (χ1) is 14.3. The van der Waals surface area contributed by atoms with Gasteiger partial charge in [0.05, 0.1) is 0 Å². The molecular formula is C21H26N6O3. The SMILES string of the molecule is Cc1c(C)n2c3c(=O)n(CCCO)c(=O)n(C)c3nc2n1-c1ccc(N(C)C)cc1. The summed E-state index contributed by atoms with van der Waals surface area (Å²) in [6.07, 6.45) is 0.333. The molecule has 0 amide bonds. The maximum atomic E-state index is 13.2. The predicted octanol–water partition coefficient (Wildman–Crippen LogP) is 1.20. The molecular weight excluding hydrogens is 384 g/mol. The van der Waals surface area contributed by atoms with Crippen molar-refractivity contribution in [2.45, 2.75) is 26.8 Å². The van der Waals surface area contributed by atoms with E-state index in [1.54, 1.807) is 7.05 Å². The lowest BCUT2D eigenvalue weighted by Crippen LogP contribution is -2.39. The summed E-state index contributed by atoms with van der Waals surface area (Å²) in [6.45, 7) is 4.00. The van der Waals surface area contributed by atoms with E-state index in [-0.39, 0.29) is 13.2 Å². The van der Waals surface area contributed by atoms with Crippen molar-refractivity contribution >= 4 is 22.6 Å². The maximum Gasteiger partial charge on any atom is 0.332 e. The number of benzene rings is 1. The number of hydrogen-bond acceptors (Lipinski definition) is 5. The van der Waals surface area contributed by atoms with Crippen molar-refractivity contribution in [3.05, 3.63) is 56.5 Å². The van der Waals surface area contributed by atoms with E-state index in [0.29, 0.717) is 23.4 Å². The standard InChI is InChI=1S/C21H26N6O3/c1-13-14(2)27-17-18(24(5)21(30)25(19(17)29)11-6-12-28)22-20(27)26(13)16-9-7-15(8-10-16)23(3)4/h7-10,28H,6,11-12H2,1-5H3. The highest BCUT2D eigenvalue weighted by Crippen LogP contribution is 2.25. The Hall–Kier alpha value is -3.33. The highest BCUT2D eigenvalue weighted by Gasteiger charge is 2.23. The van der Waals surface area contributed by atoms with E-state index in [2.05, 4.69) is 4.98 Å². The number of nitrogens with zero attached hydrogens (tertiary/aromatic N) is 6. The van der Waals surface area contributed by atoms with E-state index in [0.717, 1.165) is 22.8 Å². The summed E-state index contributed by atoms with van der Waals surface area (Å²) < 4.78 is 6.39. The summed E-state index contributed by atoms with van der Waals surface area (Å²) in [5, 5.41) is 9.14. The first-order valence-corrected chi connectivity index (χ1v) is 9.86. The molecule has 0 saturated carbocycles. The van der Waals surface area contributed by atoms with Gasteiger partial charge in [-0.1, -0.05) is 0 Å². The number of aliphatic hydroxyl groups is 1. The molecule has 0 aliphatic rings. The Balaban J connectivity index is 2.06. The third kappa shape index (κ3) is 2.77. The minimum atomic E-state index is -0.432. The Kier molecular flexibility index (Phi) is 4.77. The van der Waals surface area contributed by atoms with Crippen LogP contribution in [0.15, 0.2) is 33.9 Å². The Bertz CT molecular complexity index is 1370. The molecule has 30 heavy (non-hydrogen) atoms. The number of rotatable bonds is 5. The van der Waals surface area contributed by atoms with E-state index in [4.69, 9.17) is 5.11 Å². The molecule has 4 rings (SSSR count). The fourth-order valence-electron chi connectivity index (χ4n) is 3.89. The van der Waals surface area contributed by atoms with Gasteiger partial charge in [0.15, 0.2) is 11.2 Å². The average molecular weight is 410 g/mol. The molecule has 0 unspecified atom stereocenters. The molecule has 0 saturated heterocycles. The molecule has 4 aromatic rings. The molecule has 9 nitrogen and oxygen atoms in total. The first-order valence-electron chi connectivity index (χ1n) is 9.86. The minimum absolute atomic E-state index is 0.0904. The van der Waals surface area contributed by atoms with Crippen LogP contribution < -0.4 is 16.1 Å². The molecule has 0 spiro atoms. The van der Waals surface area contributed by atoms with Crippen LogP contribution in [0.25, 0.3) is 22.6 Å². The molecule has 0 radical (unpaired) electrons. The molecule has 0 aliphatic carbocycles. The van der Waals surface area contributed by atoms with Crippen molar-refractivity contribution in [3.63, 3.8) is 0 Å². The van der Waals surface area contributed by atoms with Crippen molar-refractivity contribution in [2.24, 2.45) is 7.05 Å². The number of aromatic nitrogens is 5. The van der Waals surface area contributed by atoms with Gasteiger partial charge >= 0.3 is 5.69 Å². The molecule has 1 N–H and O–H groups in total. The number of imidazole rings is 2. The zero-order chi connectivity index (χ0) is 21.7. The monoisotopic (exact) mass is 410 g/mol. The Morgan fingerprint density at radius 2 is 1.73 bits per heavy atom. The Morgan fingerprint density at radius 3 is 2.33 bits per heavy atom. The Morgan fingerprint density at radius 1 is 1.07 bits per heavy atom. The van der Waals surface area contributed by atoms with E-state index >= 15 is 0 Å². The molecule has 0 fully saturated rings. The van der Waals surface area contributed by atoms with Gasteiger partial charge in [-0.25, -0.2) is 4.79 Å². The van der Waals surface area contributed by atoms with Gasteiger partial charge in [-0.15, -0.1) is 0 Å². The zero-order valence-electron chi connectivity index (χ0n) is 17.9. The van der Waals surface area contributed by atoms with Crippen LogP contribution in [0.2, 0.25) is 0 Å². The van der Waals surface area contributed by atoms with Gasteiger partial charge in [-0.2, -0.15) is 4.98 Å². The number of anilines is 1. The highest BCUT2D eigenvalue weighted by atomic mass is 16.3. The lowest BCUT2D eigenvalue weighted by Gasteiger charge is -2.13. The van der Waals surface area contributed by atoms with Crippen molar-refractivity contribution in [1.29, 1.82) is 0 Å². The number of aliphatic hydroxyl groups excluding tert-OH is 1. The number of aryl methyl sites for hydroxylation is 2. The molecule has 9 heteroatoms. The summed E-state index contributed by atoms with van der Waals surface area (Å²) in [5.41, 5.74) is 3.75. The van der Waals surface area contributed by atoms with Crippen molar-refractivity contribution in [1.82, 2.24) is 23.1 Å². The second kappa shape index (κ2) is 7.17. The third-order valence-corrected chi connectivity index (χ3v) is 5.68. The third-order valence-electron chi connectivity index (χ3n) is 5.68. The summed E-state index contributed by atoms with van der Waals surface area (Å²) in [5.74, 6) is 0.588. The van der Waals surface area contributed by atoms with Crippen LogP contribution in [-0.2, 0) is 13.6 Å². The second-order valence-corrected chi connectivity index (χ2v) is 7.71. The normalized spacial score (nSPS) is 11.7. The topological polar surface area (TPSA) is 89.7 Å². The van der Waals surface area contributed by atoms with Crippen LogP contribution in [0.5, 0.6) is 0 Å². The van der Waals surface area contributed by atoms with Gasteiger partial charge in [0.25, 0.3) is 5.56 Å². The molecule has 1 aromatic carbocycles. The molecule has 3 heterocycles. The maximum absolute atomic E-state index is 13.2. The van der Waals surface area contributed by atoms with Gasteiger partial charge < -0.3 is 10.0 Å². The van der Waals surface area contributed by atoms with Crippen LogP contribution in [0.1, 0.15) is 17.8 Å². The molecule has 3 aromatic heterocycles. The predicted molar refractivity (Wildman–Crippen MR) is 117 cm³/mol. The Labute approximate surface area is 173 Å². The van der Waals surface area contributed by atoms with Gasteiger partial charge in [-0.3, -0.25) is 22.9 Å². The fourth-order valence-corrected chi connectivity index (χ4v) is 3.89. The van der Waals surface area contributed by atoms with E-state index in [9.17, 15) is 9.59 Å². The van der Waals surface area contributed by atoms with Crippen LogP contribution in [0.3, 0.4) is 0 Å². The number of hydrogen-bond donors (Lipinski definition) is 1. The lowest BCUT2D eigenvalue weighted by molar-refractivity contribution is 0.277. The summed E-state index contributed by atoms with van der Waals surface area (Å²) in [6, 6.07) is 8.08. The summed E-state index contributed by atoms with van der Waals surface area (Å²) in [4.78, 5) is 32.6. The largest absolute Gasteiger partial charge is 0.396 e. The van der Waals surface area contributed by atoms with Gasteiger partial charge in [0, 0.05) is 57.1 Å². The molecule has 0 bridgehead atoms. The van der Waals surface area contributed by atoms with Gasteiger partial charge in [-0.05, 0) is 44.5 Å². The molecule has 0 aliphatic heterocycles. The highest BCUT2D eigenvalue weighted by molar-refractivity contribution is 5.77. The smallest absolute Gasteiger partial charge is 0.332 e. The summed E-state index contributed by atoms with van der Waals surface area (Å²) >= 11 is 0. The number of fused-ring (bicyclic) bond motifs is 3. The van der Waals surface area contributed by atoms with Crippen LogP contribution in [0.4, 0.5) is 5.69 Å². The fraction of sp³-hybridized carbons (Fsp3) is 0.381. The van der Waals surface area contributed by atoms with Crippen molar-refractivity contribution in [3.8, 4) is 5.69 Å². The van der Waals surface area contributed by atoms with E-state index < -0.39 is 11.2 Å². The van der Waals surface area contributed by atoms with Gasteiger partial charge in [0.2, 0.25) is 5.78 Å². The quantitative estimate of drug-likeness (QED) is 0.534. The average Bonchev–Trinajstić information content (AvgIpc) is 3.22. The van der Waals surface area contributed by atoms with Crippen molar-refractivity contribution < 1.29 is 5.11 Å². The lowest BCUT2D eigenvalue weighted by atomic mass is 10.2. The minimum Gasteiger partial charge on any atom is -0.396 e.